The van der Waals surface area contributed by atoms with Gasteiger partial charge in [0, 0.05) is 18.3 Å². The number of aliphatic hydroxyl groups is 2. The summed E-state index contributed by atoms with van der Waals surface area (Å²) in [6.07, 6.45) is 4.09. The zero-order chi connectivity index (χ0) is 11.5. The number of pyridine rings is 1. The second-order valence-corrected chi connectivity index (χ2v) is 4.61. The Labute approximate surface area is 96.2 Å². The lowest BCUT2D eigenvalue weighted by atomic mass is 10.0. The van der Waals surface area contributed by atoms with E-state index < -0.39 is 12.2 Å². The highest BCUT2D eigenvalue weighted by atomic mass is 16.3. The third-order valence-corrected chi connectivity index (χ3v) is 3.21. The molecule has 0 spiro atoms. The van der Waals surface area contributed by atoms with Gasteiger partial charge in [0.1, 0.15) is 0 Å². The number of hydrogen-bond acceptors (Lipinski definition) is 3. The first-order valence-corrected chi connectivity index (χ1v) is 6.00. The number of aromatic nitrogens is 1. The van der Waals surface area contributed by atoms with E-state index in [2.05, 4.69) is 11.9 Å². The van der Waals surface area contributed by atoms with Crippen LogP contribution in [0.3, 0.4) is 0 Å². The summed E-state index contributed by atoms with van der Waals surface area (Å²) in [6.45, 7) is 2.09. The highest BCUT2D eigenvalue weighted by molar-refractivity contribution is 5.14. The lowest BCUT2D eigenvalue weighted by molar-refractivity contribution is 0.00622. The molecular weight excluding hydrogens is 202 g/mol. The van der Waals surface area contributed by atoms with Gasteiger partial charge in [0.2, 0.25) is 0 Å². The minimum atomic E-state index is -0.674. The number of hydrogen-bond donors (Lipinski definition) is 2. The van der Waals surface area contributed by atoms with Crippen LogP contribution in [0.15, 0.2) is 18.3 Å². The van der Waals surface area contributed by atoms with Crippen LogP contribution in [0.5, 0.6) is 0 Å². The summed E-state index contributed by atoms with van der Waals surface area (Å²) in [7, 11) is 0. The quantitative estimate of drug-likeness (QED) is 0.788. The summed E-state index contributed by atoms with van der Waals surface area (Å²) in [5.74, 6) is 0.310. The van der Waals surface area contributed by atoms with Gasteiger partial charge >= 0.3 is 0 Å². The monoisotopic (exact) mass is 221 g/mol. The average Bonchev–Trinajstić information content (AvgIpc) is 3.13. The van der Waals surface area contributed by atoms with Gasteiger partial charge < -0.3 is 10.2 Å². The van der Waals surface area contributed by atoms with Crippen LogP contribution in [0.1, 0.15) is 31.0 Å². The van der Waals surface area contributed by atoms with Gasteiger partial charge in [0.25, 0.3) is 0 Å². The fourth-order valence-electron chi connectivity index (χ4n) is 1.87. The fourth-order valence-corrected chi connectivity index (χ4v) is 1.87. The highest BCUT2D eigenvalue weighted by Crippen LogP contribution is 2.34. The maximum atomic E-state index is 9.82. The van der Waals surface area contributed by atoms with Crippen molar-refractivity contribution in [2.24, 2.45) is 5.92 Å². The van der Waals surface area contributed by atoms with Crippen LogP contribution in [0, 0.1) is 5.92 Å². The molecule has 2 rings (SSSR count). The molecule has 0 aromatic carbocycles. The van der Waals surface area contributed by atoms with Crippen molar-refractivity contribution >= 4 is 0 Å². The van der Waals surface area contributed by atoms with Crippen LogP contribution >= 0.6 is 0 Å². The topological polar surface area (TPSA) is 53.4 Å². The van der Waals surface area contributed by atoms with E-state index in [1.165, 1.54) is 5.56 Å². The number of rotatable bonds is 5. The van der Waals surface area contributed by atoms with E-state index in [1.54, 1.807) is 0 Å². The maximum Gasteiger partial charge on any atom is 0.0857 e. The Morgan fingerprint density at radius 2 is 2.12 bits per heavy atom. The van der Waals surface area contributed by atoms with E-state index in [0.717, 1.165) is 25.0 Å². The molecule has 1 aliphatic rings. The minimum absolute atomic E-state index is 0.310. The van der Waals surface area contributed by atoms with E-state index in [1.807, 2.05) is 18.3 Å². The van der Waals surface area contributed by atoms with Crippen molar-refractivity contribution in [1.29, 1.82) is 0 Å². The highest BCUT2D eigenvalue weighted by Gasteiger charge is 2.34. The number of aliphatic hydroxyl groups excluding tert-OH is 2. The fraction of sp³-hybridized carbons (Fsp3) is 0.615. The predicted molar refractivity (Wildman–Crippen MR) is 62.1 cm³/mol. The second-order valence-electron chi connectivity index (χ2n) is 4.61. The minimum Gasteiger partial charge on any atom is -0.390 e. The van der Waals surface area contributed by atoms with Crippen LogP contribution in [0.4, 0.5) is 0 Å². The average molecular weight is 221 g/mol. The molecule has 16 heavy (non-hydrogen) atoms. The van der Waals surface area contributed by atoms with Crippen molar-refractivity contribution in [1.82, 2.24) is 4.98 Å². The van der Waals surface area contributed by atoms with E-state index in [-0.39, 0.29) is 0 Å². The van der Waals surface area contributed by atoms with Gasteiger partial charge in [-0.3, -0.25) is 4.98 Å². The van der Waals surface area contributed by atoms with Crippen molar-refractivity contribution in [2.45, 2.75) is 44.8 Å². The van der Waals surface area contributed by atoms with Crippen molar-refractivity contribution in [3.8, 4) is 0 Å². The SMILES string of the molecule is CCc1ccc(CC(O)C(O)C2CC2)nc1. The molecule has 1 aliphatic carbocycles. The first-order chi connectivity index (χ1) is 7.70. The standard InChI is InChI=1S/C13H19NO2/c1-2-9-3-6-11(14-8-9)7-12(15)13(16)10-4-5-10/h3,6,8,10,12-13,15-16H,2,4-5,7H2,1H3. The Kier molecular flexibility index (Phi) is 3.56. The summed E-state index contributed by atoms with van der Waals surface area (Å²) < 4.78 is 0. The molecule has 1 aromatic rings. The van der Waals surface area contributed by atoms with Gasteiger partial charge in [-0.15, -0.1) is 0 Å². The molecule has 3 nitrogen and oxygen atoms in total. The molecule has 1 saturated carbocycles. The normalized spacial score (nSPS) is 19.4. The van der Waals surface area contributed by atoms with Crippen molar-refractivity contribution in [3.05, 3.63) is 29.6 Å². The number of aryl methyl sites for hydroxylation is 1. The van der Waals surface area contributed by atoms with Crippen LogP contribution in [-0.4, -0.2) is 27.4 Å². The van der Waals surface area contributed by atoms with Crippen LogP contribution in [-0.2, 0) is 12.8 Å². The molecule has 2 unspecified atom stereocenters. The van der Waals surface area contributed by atoms with Gasteiger partial charge in [0.15, 0.2) is 0 Å². The molecule has 3 heteroatoms. The molecule has 0 bridgehead atoms. The van der Waals surface area contributed by atoms with Gasteiger partial charge in [-0.2, -0.15) is 0 Å². The first-order valence-electron chi connectivity index (χ1n) is 6.00. The van der Waals surface area contributed by atoms with Gasteiger partial charge in [-0.05, 0) is 36.8 Å². The summed E-state index contributed by atoms with van der Waals surface area (Å²) in [5, 5.41) is 19.6. The Balaban J connectivity index is 1.91. The zero-order valence-electron chi connectivity index (χ0n) is 9.63. The van der Waals surface area contributed by atoms with E-state index in [0.29, 0.717) is 12.3 Å². The largest absolute Gasteiger partial charge is 0.390 e. The summed E-state index contributed by atoms with van der Waals surface area (Å²) in [6, 6.07) is 3.96. The molecule has 0 amide bonds. The molecule has 0 saturated heterocycles. The molecule has 1 heterocycles. The Hall–Kier alpha value is -0.930. The first kappa shape index (κ1) is 11.6. The van der Waals surface area contributed by atoms with Gasteiger partial charge in [-0.25, -0.2) is 0 Å². The predicted octanol–water partition coefficient (Wildman–Crippen LogP) is 1.32. The Bertz CT molecular complexity index is 332. The van der Waals surface area contributed by atoms with Crippen LogP contribution in [0.2, 0.25) is 0 Å². The molecule has 2 N–H and O–H groups in total. The van der Waals surface area contributed by atoms with Crippen LogP contribution in [0.25, 0.3) is 0 Å². The van der Waals surface area contributed by atoms with Crippen molar-refractivity contribution in [3.63, 3.8) is 0 Å². The third-order valence-electron chi connectivity index (χ3n) is 3.21. The van der Waals surface area contributed by atoms with E-state index >= 15 is 0 Å². The van der Waals surface area contributed by atoms with E-state index in [4.69, 9.17) is 0 Å². The smallest absolute Gasteiger partial charge is 0.0857 e. The van der Waals surface area contributed by atoms with Crippen molar-refractivity contribution in [2.75, 3.05) is 0 Å². The Morgan fingerprint density at radius 1 is 1.38 bits per heavy atom. The molecular formula is C13H19NO2. The molecule has 0 aliphatic heterocycles. The summed E-state index contributed by atoms with van der Waals surface area (Å²) in [4.78, 5) is 4.28. The molecule has 1 aromatic heterocycles. The zero-order valence-corrected chi connectivity index (χ0v) is 9.63. The Morgan fingerprint density at radius 3 is 2.62 bits per heavy atom. The maximum absolute atomic E-state index is 9.82. The van der Waals surface area contributed by atoms with E-state index in [9.17, 15) is 10.2 Å². The van der Waals surface area contributed by atoms with Crippen LogP contribution < -0.4 is 0 Å². The number of nitrogens with zero attached hydrogens (tertiary/aromatic N) is 1. The summed E-state index contributed by atoms with van der Waals surface area (Å²) >= 11 is 0. The second kappa shape index (κ2) is 4.93. The molecule has 1 fully saturated rings. The van der Waals surface area contributed by atoms with Gasteiger partial charge in [-0.1, -0.05) is 13.0 Å². The van der Waals surface area contributed by atoms with Crippen molar-refractivity contribution < 1.29 is 10.2 Å². The molecule has 2 atom stereocenters. The van der Waals surface area contributed by atoms with Gasteiger partial charge in [0.05, 0.1) is 12.2 Å². The lowest BCUT2D eigenvalue weighted by Crippen LogP contribution is -2.30. The molecule has 0 radical (unpaired) electrons. The third kappa shape index (κ3) is 2.80. The summed E-state index contributed by atoms with van der Waals surface area (Å²) in [5.41, 5.74) is 2.05. The lowest BCUT2D eigenvalue weighted by Gasteiger charge is -2.16. The molecule has 88 valence electrons.